The first kappa shape index (κ1) is 12.9. The highest BCUT2D eigenvalue weighted by Gasteiger charge is 2.20. The Morgan fingerprint density at radius 2 is 2.35 bits per heavy atom. The van der Waals surface area contributed by atoms with Crippen molar-refractivity contribution in [3.05, 3.63) is 43.0 Å². The SMILES string of the molecule is O=C(Nc1cccc(-n2ccnc2)c1)C1CCCCN1. The van der Waals surface area contributed by atoms with Gasteiger partial charge in [0.05, 0.1) is 12.4 Å². The number of benzene rings is 1. The number of hydrogen-bond donors (Lipinski definition) is 2. The smallest absolute Gasteiger partial charge is 0.241 e. The van der Waals surface area contributed by atoms with Crippen molar-refractivity contribution >= 4 is 11.6 Å². The first-order valence-electron chi connectivity index (χ1n) is 6.95. The van der Waals surface area contributed by atoms with E-state index in [1.807, 2.05) is 35.0 Å². The molecule has 5 nitrogen and oxygen atoms in total. The highest BCUT2D eigenvalue weighted by molar-refractivity contribution is 5.95. The summed E-state index contributed by atoms with van der Waals surface area (Å²) in [6.07, 6.45) is 8.53. The molecule has 104 valence electrons. The van der Waals surface area contributed by atoms with E-state index in [1.165, 1.54) is 0 Å². The Morgan fingerprint density at radius 3 is 3.10 bits per heavy atom. The van der Waals surface area contributed by atoms with E-state index in [9.17, 15) is 4.79 Å². The molecule has 0 aliphatic carbocycles. The average Bonchev–Trinajstić information content (AvgIpc) is 3.03. The van der Waals surface area contributed by atoms with Crippen LogP contribution in [0.3, 0.4) is 0 Å². The van der Waals surface area contributed by atoms with Crippen LogP contribution in [0.15, 0.2) is 43.0 Å². The van der Waals surface area contributed by atoms with Crippen molar-refractivity contribution in [1.82, 2.24) is 14.9 Å². The fourth-order valence-corrected chi connectivity index (χ4v) is 2.46. The third kappa shape index (κ3) is 2.88. The Balaban J connectivity index is 1.71. The summed E-state index contributed by atoms with van der Waals surface area (Å²) >= 11 is 0. The third-order valence-corrected chi connectivity index (χ3v) is 3.54. The molecule has 5 heteroatoms. The number of piperidine rings is 1. The highest BCUT2D eigenvalue weighted by Crippen LogP contribution is 2.16. The Kier molecular flexibility index (Phi) is 3.78. The summed E-state index contributed by atoms with van der Waals surface area (Å²) < 4.78 is 1.91. The molecule has 1 aliphatic rings. The monoisotopic (exact) mass is 270 g/mol. The molecule has 1 aromatic heterocycles. The Labute approximate surface area is 118 Å². The van der Waals surface area contributed by atoms with Crippen LogP contribution >= 0.6 is 0 Å². The maximum Gasteiger partial charge on any atom is 0.241 e. The van der Waals surface area contributed by atoms with Gasteiger partial charge in [-0.3, -0.25) is 4.79 Å². The number of amides is 1. The zero-order valence-electron chi connectivity index (χ0n) is 11.2. The van der Waals surface area contributed by atoms with Crippen LogP contribution in [-0.2, 0) is 4.79 Å². The second-order valence-corrected chi connectivity index (χ2v) is 5.01. The minimum atomic E-state index is -0.0688. The van der Waals surface area contributed by atoms with Gasteiger partial charge in [0.2, 0.25) is 5.91 Å². The molecule has 1 atom stereocenters. The molecule has 1 amide bonds. The molecular weight excluding hydrogens is 252 g/mol. The van der Waals surface area contributed by atoms with Crippen molar-refractivity contribution in [2.45, 2.75) is 25.3 Å². The fraction of sp³-hybridized carbons (Fsp3) is 0.333. The van der Waals surface area contributed by atoms with Gasteiger partial charge in [-0.1, -0.05) is 12.5 Å². The predicted molar refractivity (Wildman–Crippen MR) is 77.8 cm³/mol. The van der Waals surface area contributed by atoms with Crippen LogP contribution in [-0.4, -0.2) is 28.0 Å². The molecule has 1 saturated heterocycles. The van der Waals surface area contributed by atoms with E-state index in [1.54, 1.807) is 12.5 Å². The van der Waals surface area contributed by atoms with Crippen LogP contribution in [0.5, 0.6) is 0 Å². The first-order valence-corrected chi connectivity index (χ1v) is 6.95. The summed E-state index contributed by atoms with van der Waals surface area (Å²) in [4.78, 5) is 16.2. The van der Waals surface area contributed by atoms with Crippen molar-refractivity contribution in [2.24, 2.45) is 0 Å². The van der Waals surface area contributed by atoms with Crippen molar-refractivity contribution in [3.8, 4) is 5.69 Å². The molecule has 1 aliphatic heterocycles. The molecule has 2 N–H and O–H groups in total. The highest BCUT2D eigenvalue weighted by atomic mass is 16.2. The number of rotatable bonds is 3. The molecule has 1 fully saturated rings. The van der Waals surface area contributed by atoms with Crippen molar-refractivity contribution in [1.29, 1.82) is 0 Å². The van der Waals surface area contributed by atoms with Crippen LogP contribution in [0, 0.1) is 0 Å². The zero-order chi connectivity index (χ0) is 13.8. The molecule has 0 spiro atoms. The number of imidazole rings is 1. The molecule has 0 bridgehead atoms. The van der Waals surface area contributed by atoms with Gasteiger partial charge in [0, 0.05) is 23.8 Å². The van der Waals surface area contributed by atoms with Gasteiger partial charge in [0.25, 0.3) is 0 Å². The summed E-state index contributed by atoms with van der Waals surface area (Å²) in [5.74, 6) is 0.0486. The van der Waals surface area contributed by atoms with Gasteiger partial charge < -0.3 is 15.2 Å². The molecule has 2 heterocycles. The van der Waals surface area contributed by atoms with Crippen LogP contribution in [0.4, 0.5) is 5.69 Å². The molecule has 1 unspecified atom stereocenters. The van der Waals surface area contributed by atoms with Gasteiger partial charge in [0.15, 0.2) is 0 Å². The van der Waals surface area contributed by atoms with Gasteiger partial charge in [-0.15, -0.1) is 0 Å². The van der Waals surface area contributed by atoms with E-state index < -0.39 is 0 Å². The number of hydrogen-bond acceptors (Lipinski definition) is 3. The molecule has 3 rings (SSSR count). The minimum Gasteiger partial charge on any atom is -0.325 e. The van der Waals surface area contributed by atoms with Crippen molar-refractivity contribution in [2.75, 3.05) is 11.9 Å². The topological polar surface area (TPSA) is 59.0 Å². The molecule has 2 aromatic rings. The van der Waals surface area contributed by atoms with Gasteiger partial charge in [0.1, 0.15) is 0 Å². The number of nitrogens with one attached hydrogen (secondary N) is 2. The van der Waals surface area contributed by atoms with Gasteiger partial charge >= 0.3 is 0 Å². The maximum atomic E-state index is 12.2. The van der Waals surface area contributed by atoms with E-state index in [0.29, 0.717) is 0 Å². The van der Waals surface area contributed by atoms with Crippen molar-refractivity contribution < 1.29 is 4.79 Å². The number of carbonyl (C=O) groups is 1. The van der Waals surface area contributed by atoms with E-state index in [2.05, 4.69) is 15.6 Å². The second kappa shape index (κ2) is 5.88. The largest absolute Gasteiger partial charge is 0.325 e. The maximum absolute atomic E-state index is 12.2. The van der Waals surface area contributed by atoms with E-state index >= 15 is 0 Å². The summed E-state index contributed by atoms with van der Waals surface area (Å²) in [7, 11) is 0. The number of anilines is 1. The van der Waals surface area contributed by atoms with Gasteiger partial charge in [-0.05, 0) is 37.6 Å². The summed E-state index contributed by atoms with van der Waals surface area (Å²) in [5, 5.41) is 6.23. The van der Waals surface area contributed by atoms with Gasteiger partial charge in [-0.25, -0.2) is 4.98 Å². The summed E-state index contributed by atoms with van der Waals surface area (Å²) in [6.45, 7) is 0.924. The quantitative estimate of drug-likeness (QED) is 0.896. The van der Waals surface area contributed by atoms with E-state index in [0.717, 1.165) is 37.2 Å². The standard InChI is InChI=1S/C15H18N4O/c20-15(14-6-1-2-7-17-14)18-12-4-3-5-13(10-12)19-9-8-16-11-19/h3-5,8-11,14,17H,1-2,6-7H2,(H,18,20). The molecule has 0 saturated carbocycles. The lowest BCUT2D eigenvalue weighted by Crippen LogP contribution is -2.43. The number of nitrogens with zero attached hydrogens (tertiary/aromatic N) is 2. The van der Waals surface area contributed by atoms with Crippen LogP contribution in [0.1, 0.15) is 19.3 Å². The van der Waals surface area contributed by atoms with E-state index in [4.69, 9.17) is 0 Å². The Morgan fingerprint density at radius 1 is 1.40 bits per heavy atom. The molecule has 1 aromatic carbocycles. The van der Waals surface area contributed by atoms with Crippen LogP contribution in [0.2, 0.25) is 0 Å². The minimum absolute atomic E-state index is 0.0486. The number of aromatic nitrogens is 2. The Bertz CT molecular complexity index is 573. The summed E-state index contributed by atoms with van der Waals surface area (Å²) in [6, 6.07) is 7.69. The predicted octanol–water partition coefficient (Wildman–Crippen LogP) is 1.95. The number of carbonyl (C=O) groups excluding carboxylic acids is 1. The average molecular weight is 270 g/mol. The Hall–Kier alpha value is -2.14. The molecule has 0 radical (unpaired) electrons. The first-order chi connectivity index (χ1) is 9.83. The molecular formula is C15H18N4O. The lowest BCUT2D eigenvalue weighted by atomic mass is 10.0. The zero-order valence-corrected chi connectivity index (χ0v) is 11.2. The summed E-state index contributed by atoms with van der Waals surface area (Å²) in [5.41, 5.74) is 1.80. The molecule has 20 heavy (non-hydrogen) atoms. The lowest BCUT2D eigenvalue weighted by molar-refractivity contribution is -0.118. The second-order valence-electron chi connectivity index (χ2n) is 5.01. The van der Waals surface area contributed by atoms with Crippen LogP contribution < -0.4 is 10.6 Å². The van der Waals surface area contributed by atoms with Gasteiger partial charge in [-0.2, -0.15) is 0 Å². The van der Waals surface area contributed by atoms with Crippen molar-refractivity contribution in [3.63, 3.8) is 0 Å². The third-order valence-electron chi connectivity index (χ3n) is 3.54. The fourth-order valence-electron chi connectivity index (χ4n) is 2.46. The van der Waals surface area contributed by atoms with Crippen LogP contribution in [0.25, 0.3) is 5.69 Å². The normalized spacial score (nSPS) is 18.7. The van der Waals surface area contributed by atoms with E-state index in [-0.39, 0.29) is 11.9 Å². The lowest BCUT2D eigenvalue weighted by Gasteiger charge is -2.22.